The van der Waals surface area contributed by atoms with Crippen LogP contribution in [0.25, 0.3) is 0 Å². The van der Waals surface area contributed by atoms with Gasteiger partial charge in [-0.3, -0.25) is 4.90 Å². The number of benzene rings is 1. The van der Waals surface area contributed by atoms with E-state index in [1.165, 1.54) is 0 Å². The van der Waals surface area contributed by atoms with Gasteiger partial charge in [0.15, 0.2) is 5.82 Å². The molecule has 1 aromatic carbocycles. The molecule has 7 heteroatoms. The maximum absolute atomic E-state index is 10.0. The van der Waals surface area contributed by atoms with Gasteiger partial charge in [0.25, 0.3) is 0 Å². The Morgan fingerprint density at radius 1 is 1.52 bits per heavy atom. The van der Waals surface area contributed by atoms with Crippen molar-refractivity contribution in [3.63, 3.8) is 0 Å². The number of hydrogen-bond donors (Lipinski definition) is 1. The molecule has 2 atom stereocenters. The summed E-state index contributed by atoms with van der Waals surface area (Å²) < 4.78 is 10.6. The van der Waals surface area contributed by atoms with Crippen molar-refractivity contribution in [1.82, 2.24) is 15.0 Å². The van der Waals surface area contributed by atoms with Gasteiger partial charge in [-0.05, 0) is 31.5 Å². The summed E-state index contributed by atoms with van der Waals surface area (Å²) in [5.74, 6) is 1.80. The molecule has 1 fully saturated rings. The Morgan fingerprint density at radius 2 is 2.35 bits per heavy atom. The molecule has 23 heavy (non-hydrogen) atoms. The summed E-state index contributed by atoms with van der Waals surface area (Å²) in [5.41, 5.74) is 1.47. The molecule has 0 spiro atoms. The highest BCUT2D eigenvalue weighted by atomic mass is 16.5. The average Bonchev–Trinajstić information content (AvgIpc) is 3.13. The third-order valence-electron chi connectivity index (χ3n) is 3.99. The number of hydrogen-bond acceptors (Lipinski definition) is 7. The SMILES string of the molecule is COc1ccc(C#N)cc1CN1C[C@H](O)C[C@@H]1c1nc(C)no1. The zero-order chi connectivity index (χ0) is 16.4. The molecule has 0 amide bonds. The van der Waals surface area contributed by atoms with Crippen LogP contribution in [0.1, 0.15) is 35.3 Å². The Morgan fingerprint density at radius 3 is 3.00 bits per heavy atom. The fourth-order valence-corrected chi connectivity index (χ4v) is 2.95. The molecular weight excluding hydrogens is 296 g/mol. The quantitative estimate of drug-likeness (QED) is 0.915. The van der Waals surface area contributed by atoms with Gasteiger partial charge >= 0.3 is 0 Å². The number of aliphatic hydroxyl groups is 1. The van der Waals surface area contributed by atoms with Gasteiger partial charge in [-0.2, -0.15) is 10.2 Å². The van der Waals surface area contributed by atoms with Crippen molar-refractivity contribution in [3.8, 4) is 11.8 Å². The molecule has 1 aliphatic rings. The van der Waals surface area contributed by atoms with Crippen molar-refractivity contribution >= 4 is 0 Å². The van der Waals surface area contributed by atoms with Crippen molar-refractivity contribution in [1.29, 1.82) is 5.26 Å². The van der Waals surface area contributed by atoms with Crippen molar-refractivity contribution in [2.75, 3.05) is 13.7 Å². The standard InChI is InChI=1S/C16H18N4O3/c1-10-18-16(23-19-10)14-6-13(21)9-20(14)8-12-5-11(7-17)3-4-15(12)22-2/h3-5,13-14,21H,6,8-9H2,1-2H3/t13-,14-/m1/s1. The van der Waals surface area contributed by atoms with E-state index in [2.05, 4.69) is 21.1 Å². The van der Waals surface area contributed by atoms with E-state index in [0.717, 1.165) is 5.56 Å². The van der Waals surface area contributed by atoms with Gasteiger partial charge in [0.05, 0.1) is 30.9 Å². The van der Waals surface area contributed by atoms with E-state index in [9.17, 15) is 5.11 Å². The highest BCUT2D eigenvalue weighted by Crippen LogP contribution is 2.34. The number of aromatic nitrogens is 2. The van der Waals surface area contributed by atoms with E-state index in [1.54, 1.807) is 32.2 Å². The van der Waals surface area contributed by atoms with E-state index >= 15 is 0 Å². The number of likely N-dealkylation sites (tertiary alicyclic amines) is 1. The highest BCUT2D eigenvalue weighted by Gasteiger charge is 2.36. The van der Waals surface area contributed by atoms with Gasteiger partial charge in [-0.15, -0.1) is 0 Å². The molecule has 2 aromatic rings. The summed E-state index contributed by atoms with van der Waals surface area (Å²) in [6, 6.07) is 7.31. The van der Waals surface area contributed by atoms with Crippen LogP contribution < -0.4 is 4.74 Å². The molecule has 2 heterocycles. The number of aryl methyl sites for hydroxylation is 1. The van der Waals surface area contributed by atoms with E-state index in [1.807, 2.05) is 0 Å². The van der Waals surface area contributed by atoms with Gasteiger partial charge in [0, 0.05) is 18.7 Å². The Bertz CT molecular complexity index is 737. The lowest BCUT2D eigenvalue weighted by Crippen LogP contribution is -2.24. The monoisotopic (exact) mass is 314 g/mol. The van der Waals surface area contributed by atoms with E-state index < -0.39 is 6.10 Å². The van der Waals surface area contributed by atoms with Crippen LogP contribution >= 0.6 is 0 Å². The van der Waals surface area contributed by atoms with Gasteiger partial charge in [0.2, 0.25) is 5.89 Å². The summed E-state index contributed by atoms with van der Waals surface area (Å²) in [4.78, 5) is 6.35. The lowest BCUT2D eigenvalue weighted by Gasteiger charge is -2.22. The molecule has 1 aromatic heterocycles. The van der Waals surface area contributed by atoms with Gasteiger partial charge < -0.3 is 14.4 Å². The largest absolute Gasteiger partial charge is 0.496 e. The Hall–Kier alpha value is -2.43. The number of aliphatic hydroxyl groups excluding tert-OH is 1. The van der Waals surface area contributed by atoms with Crippen LogP contribution in [0.5, 0.6) is 5.75 Å². The molecule has 120 valence electrons. The fraction of sp³-hybridized carbons (Fsp3) is 0.438. The van der Waals surface area contributed by atoms with Gasteiger partial charge in [0.1, 0.15) is 5.75 Å². The predicted octanol–water partition coefficient (Wildman–Crippen LogP) is 1.57. The molecule has 0 radical (unpaired) electrons. The van der Waals surface area contributed by atoms with E-state index in [-0.39, 0.29) is 6.04 Å². The van der Waals surface area contributed by atoms with Crippen molar-refractivity contribution in [3.05, 3.63) is 41.0 Å². The smallest absolute Gasteiger partial charge is 0.244 e. The molecule has 1 N–H and O–H groups in total. The maximum atomic E-state index is 10.0. The topological polar surface area (TPSA) is 95.4 Å². The highest BCUT2D eigenvalue weighted by molar-refractivity contribution is 5.42. The number of nitrogens with zero attached hydrogens (tertiary/aromatic N) is 4. The zero-order valence-electron chi connectivity index (χ0n) is 13.1. The second-order valence-electron chi connectivity index (χ2n) is 5.65. The third-order valence-corrected chi connectivity index (χ3v) is 3.99. The first-order valence-corrected chi connectivity index (χ1v) is 7.40. The number of nitriles is 1. The van der Waals surface area contributed by atoms with Crippen LogP contribution in [-0.4, -0.2) is 39.9 Å². The first-order chi connectivity index (χ1) is 11.1. The number of ether oxygens (including phenoxy) is 1. The average molecular weight is 314 g/mol. The normalized spacial score (nSPS) is 21.3. The summed E-state index contributed by atoms with van der Waals surface area (Å²) in [7, 11) is 1.60. The minimum atomic E-state index is -0.447. The molecule has 0 aliphatic carbocycles. The third kappa shape index (κ3) is 3.18. The van der Waals surface area contributed by atoms with Gasteiger partial charge in [-0.1, -0.05) is 5.16 Å². The Labute approximate surface area is 134 Å². The van der Waals surface area contributed by atoms with Gasteiger partial charge in [-0.25, -0.2) is 0 Å². The maximum Gasteiger partial charge on any atom is 0.244 e. The van der Waals surface area contributed by atoms with E-state index in [4.69, 9.17) is 14.5 Å². The van der Waals surface area contributed by atoms with Crippen molar-refractivity contribution in [2.24, 2.45) is 0 Å². The molecular formula is C16H18N4O3. The summed E-state index contributed by atoms with van der Waals surface area (Å²) in [5, 5.41) is 22.9. The lowest BCUT2D eigenvalue weighted by molar-refractivity contribution is 0.168. The molecule has 1 saturated heterocycles. The molecule has 0 unspecified atom stereocenters. The lowest BCUT2D eigenvalue weighted by atomic mass is 10.1. The summed E-state index contributed by atoms with van der Waals surface area (Å²) in [6.45, 7) is 2.80. The minimum Gasteiger partial charge on any atom is -0.496 e. The minimum absolute atomic E-state index is 0.137. The number of β-amino-alcohol motifs (C(OH)–C–C–N with tert-alkyl or cyclic N) is 1. The van der Waals surface area contributed by atoms with Crippen LogP contribution in [0, 0.1) is 18.3 Å². The van der Waals surface area contributed by atoms with E-state index in [0.29, 0.717) is 42.5 Å². The van der Waals surface area contributed by atoms with Crippen LogP contribution in [0.2, 0.25) is 0 Å². The Kier molecular flexibility index (Phi) is 4.28. The fourth-order valence-electron chi connectivity index (χ4n) is 2.95. The second kappa shape index (κ2) is 6.36. The first-order valence-electron chi connectivity index (χ1n) is 7.40. The zero-order valence-corrected chi connectivity index (χ0v) is 13.1. The molecule has 0 bridgehead atoms. The summed E-state index contributed by atoms with van der Waals surface area (Å²) in [6.07, 6.45) is 0.0966. The Balaban J connectivity index is 1.87. The number of rotatable bonds is 4. The molecule has 0 saturated carbocycles. The van der Waals surface area contributed by atoms with Crippen LogP contribution in [-0.2, 0) is 6.54 Å². The summed E-state index contributed by atoms with van der Waals surface area (Å²) >= 11 is 0. The van der Waals surface area contributed by atoms with Crippen LogP contribution in [0.15, 0.2) is 22.7 Å². The number of methoxy groups -OCH3 is 1. The van der Waals surface area contributed by atoms with Crippen LogP contribution in [0.4, 0.5) is 0 Å². The molecule has 7 nitrogen and oxygen atoms in total. The molecule has 1 aliphatic heterocycles. The first kappa shape index (κ1) is 15.5. The molecule has 3 rings (SSSR count). The second-order valence-corrected chi connectivity index (χ2v) is 5.65. The predicted molar refractivity (Wildman–Crippen MR) is 80.5 cm³/mol. The van der Waals surface area contributed by atoms with Crippen molar-refractivity contribution < 1.29 is 14.4 Å². The van der Waals surface area contributed by atoms with Crippen LogP contribution in [0.3, 0.4) is 0 Å². The van der Waals surface area contributed by atoms with Crippen molar-refractivity contribution in [2.45, 2.75) is 32.0 Å².